The van der Waals surface area contributed by atoms with Gasteiger partial charge in [0.15, 0.2) is 16.7 Å². The lowest BCUT2D eigenvalue weighted by Gasteiger charge is -2.13. The van der Waals surface area contributed by atoms with Crippen molar-refractivity contribution < 1.29 is 9.47 Å². The van der Waals surface area contributed by atoms with Gasteiger partial charge in [-0.2, -0.15) is 0 Å². The Bertz CT molecular complexity index is 1270. The third-order valence-electron chi connectivity index (χ3n) is 4.82. The third-order valence-corrected chi connectivity index (χ3v) is 5.37. The minimum atomic E-state index is -0.0861. The number of thioether (sulfide) groups is 1. The molecule has 0 saturated carbocycles. The quantitative estimate of drug-likeness (QED) is 0.344. The molecule has 0 bridgehead atoms. The number of aromatic nitrogens is 3. The van der Waals surface area contributed by atoms with Crippen molar-refractivity contribution in [2.24, 2.45) is 0 Å². The van der Waals surface area contributed by atoms with Crippen molar-refractivity contribution in [1.82, 2.24) is 14.5 Å². The van der Waals surface area contributed by atoms with Gasteiger partial charge in [-0.15, -0.1) is 0 Å². The molecule has 2 aromatic carbocycles. The van der Waals surface area contributed by atoms with E-state index >= 15 is 0 Å². The highest BCUT2D eigenvalue weighted by Gasteiger charge is 2.12. The maximum atomic E-state index is 12.5. The Hall–Kier alpha value is -3.32. The van der Waals surface area contributed by atoms with Crippen molar-refractivity contribution >= 4 is 22.7 Å². The Balaban J connectivity index is 1.78. The second-order valence-corrected chi connectivity index (χ2v) is 7.42. The van der Waals surface area contributed by atoms with Gasteiger partial charge in [0.25, 0.3) is 5.56 Å². The van der Waals surface area contributed by atoms with E-state index in [9.17, 15) is 4.79 Å². The first-order chi connectivity index (χ1) is 14.6. The molecule has 6 nitrogen and oxygen atoms in total. The molecule has 7 heteroatoms. The summed E-state index contributed by atoms with van der Waals surface area (Å²) in [5.41, 5.74) is 3.40. The second kappa shape index (κ2) is 8.59. The van der Waals surface area contributed by atoms with Crippen LogP contribution in [0.5, 0.6) is 11.5 Å². The van der Waals surface area contributed by atoms with Gasteiger partial charge >= 0.3 is 0 Å². The van der Waals surface area contributed by atoms with E-state index in [1.165, 1.54) is 11.8 Å². The predicted octanol–water partition coefficient (Wildman–Crippen LogP) is 4.25. The Labute approximate surface area is 178 Å². The number of hydrogen-bond donors (Lipinski definition) is 0. The summed E-state index contributed by atoms with van der Waals surface area (Å²) in [7, 11) is 3.19. The molecule has 2 aromatic heterocycles. The molecule has 0 radical (unpaired) electrons. The molecule has 0 aliphatic rings. The van der Waals surface area contributed by atoms with Gasteiger partial charge in [-0.05, 0) is 36.1 Å². The SMILES string of the molecule is COc1ccc(Cn2cc(-c3nc(SC)nc4ccccc34)ccc2=O)cc1OC. The van der Waals surface area contributed by atoms with Gasteiger partial charge < -0.3 is 14.0 Å². The molecule has 0 aliphatic carbocycles. The van der Waals surface area contributed by atoms with E-state index in [0.717, 1.165) is 27.7 Å². The highest BCUT2D eigenvalue weighted by Crippen LogP contribution is 2.29. The Morgan fingerprint density at radius 2 is 1.77 bits per heavy atom. The zero-order valence-corrected chi connectivity index (χ0v) is 17.8. The second-order valence-electron chi connectivity index (χ2n) is 6.65. The normalized spacial score (nSPS) is 10.9. The summed E-state index contributed by atoms with van der Waals surface area (Å²) < 4.78 is 12.3. The Kier molecular flexibility index (Phi) is 5.72. The number of hydrogen-bond acceptors (Lipinski definition) is 6. The Morgan fingerprint density at radius 1 is 0.967 bits per heavy atom. The van der Waals surface area contributed by atoms with E-state index < -0.39 is 0 Å². The van der Waals surface area contributed by atoms with Crippen molar-refractivity contribution in [3.05, 3.63) is 76.7 Å². The number of pyridine rings is 1. The van der Waals surface area contributed by atoms with Crippen molar-refractivity contribution in [3.63, 3.8) is 0 Å². The Morgan fingerprint density at radius 3 is 2.53 bits per heavy atom. The van der Waals surface area contributed by atoms with Crippen molar-refractivity contribution in [2.75, 3.05) is 20.5 Å². The largest absolute Gasteiger partial charge is 0.493 e. The third kappa shape index (κ3) is 3.89. The molecule has 4 rings (SSSR count). The number of nitrogens with zero attached hydrogens (tertiary/aromatic N) is 3. The monoisotopic (exact) mass is 419 g/mol. The summed E-state index contributed by atoms with van der Waals surface area (Å²) >= 11 is 1.49. The van der Waals surface area contributed by atoms with E-state index in [1.807, 2.05) is 61.0 Å². The number of benzene rings is 2. The zero-order valence-electron chi connectivity index (χ0n) is 17.0. The summed E-state index contributed by atoms with van der Waals surface area (Å²) in [6.07, 6.45) is 3.80. The van der Waals surface area contributed by atoms with Gasteiger partial charge in [0, 0.05) is 23.2 Å². The summed E-state index contributed by atoms with van der Waals surface area (Å²) in [6, 6.07) is 16.9. The molecule has 0 amide bonds. The lowest BCUT2D eigenvalue weighted by Crippen LogP contribution is -2.19. The van der Waals surface area contributed by atoms with Crippen LogP contribution in [0.1, 0.15) is 5.56 Å². The average Bonchev–Trinajstić information content (AvgIpc) is 2.79. The van der Waals surface area contributed by atoms with Crippen molar-refractivity contribution in [2.45, 2.75) is 11.7 Å². The molecule has 0 fully saturated rings. The van der Waals surface area contributed by atoms with Crippen molar-refractivity contribution in [3.8, 4) is 22.8 Å². The molecular weight excluding hydrogens is 398 g/mol. The van der Waals surface area contributed by atoms with E-state index in [-0.39, 0.29) is 5.56 Å². The molecule has 30 heavy (non-hydrogen) atoms. The van der Waals surface area contributed by atoms with Gasteiger partial charge in [0.1, 0.15) is 0 Å². The first-order valence-corrected chi connectivity index (χ1v) is 10.6. The fourth-order valence-electron chi connectivity index (χ4n) is 3.34. The van der Waals surface area contributed by atoms with E-state index in [2.05, 4.69) is 4.98 Å². The highest BCUT2D eigenvalue weighted by molar-refractivity contribution is 7.98. The molecule has 2 heterocycles. The van der Waals surface area contributed by atoms with Crippen LogP contribution >= 0.6 is 11.8 Å². The van der Waals surface area contributed by atoms with Gasteiger partial charge in [-0.25, -0.2) is 9.97 Å². The van der Waals surface area contributed by atoms with Crippen LogP contribution in [0.15, 0.2) is 70.7 Å². The minimum absolute atomic E-state index is 0.0861. The maximum absolute atomic E-state index is 12.5. The molecule has 0 saturated heterocycles. The molecule has 0 unspecified atom stereocenters. The average molecular weight is 420 g/mol. The molecule has 0 aliphatic heterocycles. The minimum Gasteiger partial charge on any atom is -0.493 e. The van der Waals surface area contributed by atoms with Crippen LogP contribution in [-0.2, 0) is 6.54 Å². The predicted molar refractivity (Wildman–Crippen MR) is 120 cm³/mol. The zero-order chi connectivity index (χ0) is 21.1. The number of ether oxygens (including phenoxy) is 2. The summed E-state index contributed by atoms with van der Waals surface area (Å²) in [4.78, 5) is 21.8. The van der Waals surface area contributed by atoms with Crippen LogP contribution in [0.4, 0.5) is 0 Å². The first-order valence-electron chi connectivity index (χ1n) is 9.35. The van der Waals surface area contributed by atoms with E-state index in [0.29, 0.717) is 23.2 Å². The lowest BCUT2D eigenvalue weighted by molar-refractivity contribution is 0.354. The molecular formula is C23H21N3O3S. The smallest absolute Gasteiger partial charge is 0.250 e. The summed E-state index contributed by atoms with van der Waals surface area (Å²) in [6.45, 7) is 0.408. The number of methoxy groups -OCH3 is 2. The molecule has 0 atom stereocenters. The molecule has 4 aromatic rings. The van der Waals surface area contributed by atoms with Gasteiger partial charge in [-0.3, -0.25) is 4.79 Å². The van der Waals surface area contributed by atoms with Crippen LogP contribution in [0.3, 0.4) is 0 Å². The first kappa shape index (κ1) is 20.0. The maximum Gasteiger partial charge on any atom is 0.250 e. The fourth-order valence-corrected chi connectivity index (χ4v) is 3.71. The number of fused-ring (bicyclic) bond motifs is 1. The highest BCUT2D eigenvalue weighted by atomic mass is 32.2. The van der Waals surface area contributed by atoms with Gasteiger partial charge in [-0.1, -0.05) is 36.0 Å². The van der Waals surface area contributed by atoms with Crippen LogP contribution in [0.2, 0.25) is 0 Å². The van der Waals surface area contributed by atoms with Crippen LogP contribution in [0.25, 0.3) is 22.2 Å². The lowest BCUT2D eigenvalue weighted by atomic mass is 10.1. The summed E-state index contributed by atoms with van der Waals surface area (Å²) in [5.74, 6) is 1.28. The van der Waals surface area contributed by atoms with E-state index in [4.69, 9.17) is 14.5 Å². The van der Waals surface area contributed by atoms with Crippen LogP contribution < -0.4 is 15.0 Å². The van der Waals surface area contributed by atoms with Crippen LogP contribution in [-0.4, -0.2) is 35.0 Å². The molecule has 152 valence electrons. The number of rotatable bonds is 6. The number of para-hydroxylation sites is 1. The van der Waals surface area contributed by atoms with Gasteiger partial charge in [0.05, 0.1) is 32.0 Å². The van der Waals surface area contributed by atoms with Crippen LogP contribution in [0, 0.1) is 0 Å². The summed E-state index contributed by atoms with van der Waals surface area (Å²) in [5, 5.41) is 1.65. The van der Waals surface area contributed by atoms with Crippen molar-refractivity contribution in [1.29, 1.82) is 0 Å². The standard InChI is InChI=1S/C23H21N3O3S/c1-28-19-10-8-15(12-20(19)29-2)13-26-14-16(9-11-21(26)27)22-17-6-4-5-7-18(17)24-23(25-22)30-3/h4-12,14H,13H2,1-3H3. The fraction of sp³-hybridized carbons (Fsp3) is 0.174. The molecule has 0 spiro atoms. The van der Waals surface area contributed by atoms with Gasteiger partial charge in [0.2, 0.25) is 0 Å². The van der Waals surface area contributed by atoms with E-state index in [1.54, 1.807) is 24.9 Å². The molecule has 0 N–H and O–H groups in total. The topological polar surface area (TPSA) is 66.2 Å².